The molecular weight excluding hydrogens is 253 g/mol. The fourth-order valence-electron chi connectivity index (χ4n) is 2.49. The third-order valence-electron chi connectivity index (χ3n) is 3.53. The molecule has 1 heterocycles. The monoisotopic (exact) mass is 271 g/mol. The standard InChI is InChI=1S/C14H19ClFNO/c1-9-3-6-14(18-9)13(17-2)8-10-7-11(15)4-5-12(10)16/h4-5,7,9,13-14,17H,3,6,8H2,1-2H3. The summed E-state index contributed by atoms with van der Waals surface area (Å²) in [7, 11) is 1.89. The quantitative estimate of drug-likeness (QED) is 0.908. The van der Waals surface area contributed by atoms with Crippen molar-refractivity contribution in [2.45, 2.75) is 44.4 Å². The van der Waals surface area contributed by atoms with Crippen molar-refractivity contribution in [1.82, 2.24) is 5.32 Å². The van der Waals surface area contributed by atoms with Gasteiger partial charge < -0.3 is 10.1 Å². The van der Waals surface area contributed by atoms with E-state index in [1.165, 1.54) is 6.07 Å². The van der Waals surface area contributed by atoms with Gasteiger partial charge in [0.1, 0.15) is 5.82 Å². The molecule has 0 aliphatic carbocycles. The Morgan fingerprint density at radius 3 is 2.89 bits per heavy atom. The molecule has 18 heavy (non-hydrogen) atoms. The van der Waals surface area contributed by atoms with Crippen LogP contribution in [0.25, 0.3) is 0 Å². The largest absolute Gasteiger partial charge is 0.374 e. The van der Waals surface area contributed by atoms with Crippen molar-refractivity contribution in [1.29, 1.82) is 0 Å². The lowest BCUT2D eigenvalue weighted by atomic mass is 9.99. The molecule has 1 aliphatic rings. The molecule has 0 bridgehead atoms. The highest BCUT2D eigenvalue weighted by atomic mass is 35.5. The number of halogens is 2. The fraction of sp³-hybridized carbons (Fsp3) is 0.571. The lowest BCUT2D eigenvalue weighted by molar-refractivity contribution is 0.0336. The lowest BCUT2D eigenvalue weighted by Gasteiger charge is -2.23. The molecule has 1 fully saturated rings. The molecule has 0 aromatic heterocycles. The van der Waals surface area contributed by atoms with Gasteiger partial charge in [-0.05, 0) is 57.0 Å². The van der Waals surface area contributed by atoms with E-state index in [9.17, 15) is 4.39 Å². The topological polar surface area (TPSA) is 21.3 Å². The predicted molar refractivity (Wildman–Crippen MR) is 71.5 cm³/mol. The maximum atomic E-state index is 13.7. The third kappa shape index (κ3) is 3.22. The summed E-state index contributed by atoms with van der Waals surface area (Å²) in [6, 6.07) is 4.81. The van der Waals surface area contributed by atoms with Crippen LogP contribution in [-0.2, 0) is 11.2 Å². The molecular formula is C14H19ClFNO. The van der Waals surface area contributed by atoms with Gasteiger partial charge in [-0.3, -0.25) is 0 Å². The van der Waals surface area contributed by atoms with Crippen LogP contribution in [0.5, 0.6) is 0 Å². The van der Waals surface area contributed by atoms with Gasteiger partial charge in [-0.15, -0.1) is 0 Å². The third-order valence-corrected chi connectivity index (χ3v) is 3.77. The van der Waals surface area contributed by atoms with Crippen LogP contribution in [0.2, 0.25) is 5.02 Å². The van der Waals surface area contributed by atoms with E-state index in [-0.39, 0.29) is 18.0 Å². The van der Waals surface area contributed by atoms with Crippen LogP contribution in [0.3, 0.4) is 0 Å². The van der Waals surface area contributed by atoms with Gasteiger partial charge in [0.25, 0.3) is 0 Å². The molecule has 3 atom stereocenters. The molecule has 4 heteroatoms. The second-order valence-corrected chi connectivity index (χ2v) is 5.33. The van der Waals surface area contributed by atoms with Crippen LogP contribution in [0.15, 0.2) is 18.2 Å². The normalized spacial score (nSPS) is 25.3. The molecule has 0 radical (unpaired) electrons. The zero-order chi connectivity index (χ0) is 13.1. The molecule has 0 spiro atoms. The summed E-state index contributed by atoms with van der Waals surface area (Å²) in [5.41, 5.74) is 0.644. The van der Waals surface area contributed by atoms with Crippen LogP contribution < -0.4 is 5.32 Å². The van der Waals surface area contributed by atoms with Crippen molar-refractivity contribution in [3.8, 4) is 0 Å². The number of hydrogen-bond donors (Lipinski definition) is 1. The van der Waals surface area contributed by atoms with Crippen molar-refractivity contribution in [3.63, 3.8) is 0 Å². The van der Waals surface area contributed by atoms with Crippen LogP contribution >= 0.6 is 11.6 Å². The summed E-state index contributed by atoms with van der Waals surface area (Å²) in [5.74, 6) is -0.203. The molecule has 0 amide bonds. The van der Waals surface area contributed by atoms with E-state index in [0.717, 1.165) is 12.8 Å². The summed E-state index contributed by atoms with van der Waals surface area (Å²) in [4.78, 5) is 0. The van der Waals surface area contributed by atoms with Gasteiger partial charge in [-0.1, -0.05) is 11.6 Å². The van der Waals surface area contributed by atoms with Gasteiger partial charge in [0, 0.05) is 11.1 Å². The molecule has 1 aliphatic heterocycles. The summed E-state index contributed by atoms with van der Waals surface area (Å²) < 4.78 is 19.5. The Balaban J connectivity index is 2.08. The number of benzene rings is 1. The van der Waals surface area contributed by atoms with Crippen LogP contribution in [-0.4, -0.2) is 25.3 Å². The van der Waals surface area contributed by atoms with Crippen LogP contribution in [0, 0.1) is 5.82 Å². The first-order valence-electron chi connectivity index (χ1n) is 6.37. The minimum atomic E-state index is -0.203. The Morgan fingerprint density at radius 2 is 2.28 bits per heavy atom. The Kier molecular flexibility index (Phi) is 4.60. The number of nitrogens with one attached hydrogen (secondary N) is 1. The fourth-order valence-corrected chi connectivity index (χ4v) is 2.68. The number of ether oxygens (including phenoxy) is 1. The highest BCUT2D eigenvalue weighted by molar-refractivity contribution is 6.30. The molecule has 2 rings (SSSR count). The zero-order valence-electron chi connectivity index (χ0n) is 10.7. The molecule has 0 saturated carbocycles. The molecule has 1 saturated heterocycles. The molecule has 3 unspecified atom stereocenters. The summed E-state index contributed by atoms with van der Waals surface area (Å²) in [6.45, 7) is 2.08. The highest BCUT2D eigenvalue weighted by Gasteiger charge is 2.29. The van der Waals surface area contributed by atoms with E-state index < -0.39 is 0 Å². The summed E-state index contributed by atoms with van der Waals surface area (Å²) in [5, 5.41) is 3.80. The maximum Gasteiger partial charge on any atom is 0.126 e. The van der Waals surface area contributed by atoms with Gasteiger partial charge in [0.2, 0.25) is 0 Å². The minimum Gasteiger partial charge on any atom is -0.374 e. The highest BCUT2D eigenvalue weighted by Crippen LogP contribution is 2.25. The van der Waals surface area contributed by atoms with Crippen molar-refractivity contribution in [2.75, 3.05) is 7.05 Å². The summed E-state index contributed by atoms with van der Waals surface area (Å²) in [6.07, 6.45) is 3.15. The second kappa shape index (κ2) is 6.00. The molecule has 1 N–H and O–H groups in total. The Bertz CT molecular complexity index is 413. The number of hydrogen-bond acceptors (Lipinski definition) is 2. The van der Waals surface area contributed by atoms with E-state index in [1.54, 1.807) is 12.1 Å². The number of rotatable bonds is 4. The molecule has 2 nitrogen and oxygen atoms in total. The van der Waals surface area contributed by atoms with Gasteiger partial charge in [-0.25, -0.2) is 4.39 Å². The molecule has 1 aromatic rings. The van der Waals surface area contributed by atoms with Crippen molar-refractivity contribution in [3.05, 3.63) is 34.6 Å². The Hall–Kier alpha value is -0.640. The average Bonchev–Trinajstić information content (AvgIpc) is 2.77. The van der Waals surface area contributed by atoms with E-state index in [4.69, 9.17) is 16.3 Å². The predicted octanol–water partition coefficient (Wildman–Crippen LogP) is 3.18. The van der Waals surface area contributed by atoms with E-state index in [1.807, 2.05) is 7.05 Å². The van der Waals surface area contributed by atoms with E-state index in [2.05, 4.69) is 12.2 Å². The summed E-state index contributed by atoms with van der Waals surface area (Å²) >= 11 is 5.91. The van der Waals surface area contributed by atoms with E-state index in [0.29, 0.717) is 23.1 Å². The average molecular weight is 272 g/mol. The lowest BCUT2D eigenvalue weighted by Crippen LogP contribution is -2.39. The molecule has 100 valence electrons. The first-order chi connectivity index (χ1) is 8.60. The number of likely N-dealkylation sites (N-methyl/N-ethyl adjacent to an activating group) is 1. The van der Waals surface area contributed by atoms with Gasteiger partial charge in [-0.2, -0.15) is 0 Å². The molecule has 1 aromatic carbocycles. The van der Waals surface area contributed by atoms with Crippen molar-refractivity contribution < 1.29 is 9.13 Å². The van der Waals surface area contributed by atoms with Gasteiger partial charge in [0.05, 0.1) is 12.2 Å². The Labute approximate surface area is 112 Å². The van der Waals surface area contributed by atoms with E-state index >= 15 is 0 Å². The first-order valence-corrected chi connectivity index (χ1v) is 6.74. The van der Waals surface area contributed by atoms with Gasteiger partial charge in [0.15, 0.2) is 0 Å². The maximum absolute atomic E-state index is 13.7. The minimum absolute atomic E-state index is 0.128. The smallest absolute Gasteiger partial charge is 0.126 e. The van der Waals surface area contributed by atoms with Crippen molar-refractivity contribution >= 4 is 11.6 Å². The van der Waals surface area contributed by atoms with Crippen LogP contribution in [0.4, 0.5) is 4.39 Å². The van der Waals surface area contributed by atoms with Crippen molar-refractivity contribution in [2.24, 2.45) is 0 Å². The second-order valence-electron chi connectivity index (χ2n) is 4.90. The first kappa shape index (κ1) is 13.8. The Morgan fingerprint density at radius 1 is 1.50 bits per heavy atom. The zero-order valence-corrected chi connectivity index (χ0v) is 11.5. The van der Waals surface area contributed by atoms with Gasteiger partial charge >= 0.3 is 0 Å². The van der Waals surface area contributed by atoms with Crippen LogP contribution in [0.1, 0.15) is 25.3 Å². The SMILES string of the molecule is CNC(Cc1cc(Cl)ccc1F)C1CCC(C)O1.